The standard InChI is InChI=1S/C24H41NO3/c1-5-6-13-24(2,28)14-9-11-20-21-16-18(15-19(21)17-22(20)26)10-7-8-12-23(27)25(3)4/h9,11,15,19-22,26,28H,5-8,10,12-14,16-17H2,1-4H3/b11-9+/t19-,20+,21-,22+,24-/m0/s1. The lowest BCUT2D eigenvalue weighted by atomic mass is 9.87. The van der Waals surface area contributed by atoms with Crippen LogP contribution < -0.4 is 0 Å². The third-order valence-corrected chi connectivity index (χ3v) is 6.57. The van der Waals surface area contributed by atoms with Gasteiger partial charge in [0.2, 0.25) is 5.91 Å². The van der Waals surface area contributed by atoms with Gasteiger partial charge in [-0.1, -0.05) is 43.6 Å². The van der Waals surface area contributed by atoms with E-state index in [1.165, 1.54) is 5.57 Å². The van der Waals surface area contributed by atoms with Gasteiger partial charge in [0, 0.05) is 26.4 Å². The van der Waals surface area contributed by atoms with Gasteiger partial charge in [0.15, 0.2) is 0 Å². The molecule has 0 heterocycles. The molecule has 0 aromatic heterocycles. The lowest BCUT2D eigenvalue weighted by molar-refractivity contribution is -0.128. The Morgan fingerprint density at radius 3 is 2.75 bits per heavy atom. The fraction of sp³-hybridized carbons (Fsp3) is 0.792. The minimum absolute atomic E-state index is 0.205. The monoisotopic (exact) mass is 391 g/mol. The summed E-state index contributed by atoms with van der Waals surface area (Å²) < 4.78 is 0. The van der Waals surface area contributed by atoms with Crippen LogP contribution in [0.1, 0.15) is 78.1 Å². The number of fused-ring (bicyclic) bond motifs is 1. The van der Waals surface area contributed by atoms with E-state index in [1.54, 1.807) is 4.90 Å². The largest absolute Gasteiger partial charge is 0.392 e. The highest BCUT2D eigenvalue weighted by Crippen LogP contribution is 2.48. The van der Waals surface area contributed by atoms with Crippen molar-refractivity contribution in [2.24, 2.45) is 17.8 Å². The zero-order valence-corrected chi connectivity index (χ0v) is 18.4. The van der Waals surface area contributed by atoms with E-state index in [9.17, 15) is 15.0 Å². The molecule has 2 aliphatic rings. The predicted molar refractivity (Wildman–Crippen MR) is 115 cm³/mol. The summed E-state index contributed by atoms with van der Waals surface area (Å²) in [5.41, 5.74) is 0.867. The summed E-state index contributed by atoms with van der Waals surface area (Å²) in [5.74, 6) is 1.41. The van der Waals surface area contributed by atoms with E-state index >= 15 is 0 Å². The number of amides is 1. The molecule has 28 heavy (non-hydrogen) atoms. The van der Waals surface area contributed by atoms with E-state index < -0.39 is 5.60 Å². The second-order valence-electron chi connectivity index (χ2n) is 9.47. The molecule has 0 bridgehead atoms. The SMILES string of the molecule is CCCC[C@](C)(O)C/C=C/[C@@H]1[C@H]2CC(CCCCC(=O)N(C)C)=C[C@H]2C[C@H]1O. The fourth-order valence-electron chi connectivity index (χ4n) is 4.78. The molecule has 0 aromatic carbocycles. The Morgan fingerprint density at radius 2 is 2.07 bits per heavy atom. The van der Waals surface area contributed by atoms with Crippen molar-refractivity contribution in [3.05, 3.63) is 23.8 Å². The zero-order valence-electron chi connectivity index (χ0n) is 18.4. The van der Waals surface area contributed by atoms with Gasteiger partial charge in [-0.15, -0.1) is 0 Å². The number of rotatable bonds is 11. The predicted octanol–water partition coefficient (Wildman–Crippen LogP) is 4.47. The summed E-state index contributed by atoms with van der Waals surface area (Å²) >= 11 is 0. The van der Waals surface area contributed by atoms with Crippen LogP contribution in [0.15, 0.2) is 23.8 Å². The smallest absolute Gasteiger partial charge is 0.222 e. The molecular formula is C24H41NO3. The lowest BCUT2D eigenvalue weighted by Gasteiger charge is -2.22. The van der Waals surface area contributed by atoms with Gasteiger partial charge in [0.05, 0.1) is 11.7 Å². The molecule has 2 N–H and O–H groups in total. The van der Waals surface area contributed by atoms with Crippen LogP contribution in [0.2, 0.25) is 0 Å². The van der Waals surface area contributed by atoms with Crippen LogP contribution in [0, 0.1) is 17.8 Å². The number of aliphatic hydroxyl groups is 2. The summed E-state index contributed by atoms with van der Waals surface area (Å²) in [7, 11) is 3.62. The van der Waals surface area contributed by atoms with Crippen molar-refractivity contribution >= 4 is 5.91 Å². The first-order valence-electron chi connectivity index (χ1n) is 11.2. The van der Waals surface area contributed by atoms with Crippen LogP contribution in [0.25, 0.3) is 0 Å². The molecular weight excluding hydrogens is 350 g/mol. The molecule has 0 aromatic rings. The zero-order chi connectivity index (χ0) is 20.7. The highest BCUT2D eigenvalue weighted by Gasteiger charge is 2.43. The Hall–Kier alpha value is -1.13. The number of unbranched alkanes of at least 4 members (excludes halogenated alkanes) is 2. The maximum absolute atomic E-state index is 11.7. The molecule has 1 amide bonds. The highest BCUT2D eigenvalue weighted by molar-refractivity contribution is 5.75. The summed E-state index contributed by atoms with van der Waals surface area (Å²) in [5, 5.41) is 21.0. The number of nitrogens with zero attached hydrogens (tertiary/aromatic N) is 1. The van der Waals surface area contributed by atoms with E-state index in [1.807, 2.05) is 21.0 Å². The van der Waals surface area contributed by atoms with E-state index in [4.69, 9.17) is 0 Å². The van der Waals surface area contributed by atoms with Gasteiger partial charge in [-0.05, 0) is 63.7 Å². The minimum atomic E-state index is -0.640. The Bertz CT molecular complexity index is 564. The second-order valence-corrected chi connectivity index (χ2v) is 9.47. The lowest BCUT2D eigenvalue weighted by Crippen LogP contribution is -2.23. The topological polar surface area (TPSA) is 60.8 Å². The number of carbonyl (C=O) groups excluding carboxylic acids is 1. The average molecular weight is 392 g/mol. The van der Waals surface area contributed by atoms with Crippen molar-refractivity contribution in [3.63, 3.8) is 0 Å². The van der Waals surface area contributed by atoms with E-state index in [0.717, 1.165) is 51.4 Å². The van der Waals surface area contributed by atoms with Gasteiger partial charge in [0.25, 0.3) is 0 Å². The Morgan fingerprint density at radius 1 is 1.32 bits per heavy atom. The van der Waals surface area contributed by atoms with Gasteiger partial charge in [-0.2, -0.15) is 0 Å². The first-order chi connectivity index (χ1) is 13.2. The maximum atomic E-state index is 11.7. The van der Waals surface area contributed by atoms with Crippen molar-refractivity contribution in [2.75, 3.05) is 14.1 Å². The highest BCUT2D eigenvalue weighted by atomic mass is 16.3. The van der Waals surface area contributed by atoms with E-state index in [-0.39, 0.29) is 17.9 Å². The van der Waals surface area contributed by atoms with Crippen LogP contribution in [0.4, 0.5) is 0 Å². The van der Waals surface area contributed by atoms with Crippen molar-refractivity contribution in [1.29, 1.82) is 0 Å². The summed E-state index contributed by atoms with van der Waals surface area (Å²) in [6, 6.07) is 0. The van der Waals surface area contributed by atoms with Gasteiger partial charge < -0.3 is 15.1 Å². The van der Waals surface area contributed by atoms with Crippen LogP contribution in [-0.2, 0) is 4.79 Å². The quantitative estimate of drug-likeness (QED) is 0.404. The maximum Gasteiger partial charge on any atom is 0.222 e. The van der Waals surface area contributed by atoms with Crippen molar-refractivity contribution < 1.29 is 15.0 Å². The Kier molecular flexibility index (Phi) is 8.76. The van der Waals surface area contributed by atoms with Crippen LogP contribution >= 0.6 is 0 Å². The molecule has 1 fully saturated rings. The molecule has 4 heteroatoms. The van der Waals surface area contributed by atoms with Crippen molar-refractivity contribution in [2.45, 2.75) is 89.8 Å². The van der Waals surface area contributed by atoms with Crippen molar-refractivity contribution in [1.82, 2.24) is 4.90 Å². The Labute approximate surface area is 171 Å². The number of allylic oxidation sites excluding steroid dienone is 2. The normalized spacial score (nSPS) is 29.0. The minimum Gasteiger partial charge on any atom is -0.392 e. The first-order valence-corrected chi connectivity index (χ1v) is 11.2. The van der Waals surface area contributed by atoms with Gasteiger partial charge in [0.1, 0.15) is 0 Å². The number of aliphatic hydroxyl groups excluding tert-OH is 1. The number of carbonyl (C=O) groups is 1. The molecule has 0 spiro atoms. The van der Waals surface area contributed by atoms with Gasteiger partial charge >= 0.3 is 0 Å². The molecule has 0 radical (unpaired) electrons. The third kappa shape index (κ3) is 6.73. The summed E-state index contributed by atoms with van der Waals surface area (Å²) in [6.07, 6.45) is 15.7. The summed E-state index contributed by atoms with van der Waals surface area (Å²) in [4.78, 5) is 13.3. The molecule has 0 aliphatic heterocycles. The molecule has 0 saturated heterocycles. The van der Waals surface area contributed by atoms with Crippen LogP contribution in [-0.4, -0.2) is 46.8 Å². The number of hydrogen-bond donors (Lipinski definition) is 2. The molecule has 1 saturated carbocycles. The molecule has 5 atom stereocenters. The third-order valence-electron chi connectivity index (χ3n) is 6.57. The molecule has 2 rings (SSSR count). The molecule has 160 valence electrons. The summed E-state index contributed by atoms with van der Waals surface area (Å²) in [6.45, 7) is 4.06. The second kappa shape index (κ2) is 10.6. The number of hydrogen-bond acceptors (Lipinski definition) is 3. The van der Waals surface area contributed by atoms with E-state index in [0.29, 0.717) is 24.7 Å². The van der Waals surface area contributed by atoms with Crippen LogP contribution in [0.5, 0.6) is 0 Å². The van der Waals surface area contributed by atoms with Gasteiger partial charge in [-0.25, -0.2) is 0 Å². The average Bonchev–Trinajstić information content (AvgIpc) is 3.14. The fourth-order valence-corrected chi connectivity index (χ4v) is 4.78. The Balaban J connectivity index is 1.78. The molecule has 0 unspecified atom stereocenters. The van der Waals surface area contributed by atoms with Crippen molar-refractivity contribution in [3.8, 4) is 0 Å². The van der Waals surface area contributed by atoms with E-state index in [2.05, 4.69) is 25.2 Å². The first kappa shape index (κ1) is 23.2. The van der Waals surface area contributed by atoms with Gasteiger partial charge in [-0.3, -0.25) is 4.79 Å². The molecule has 4 nitrogen and oxygen atoms in total. The molecule has 2 aliphatic carbocycles. The van der Waals surface area contributed by atoms with Crippen LogP contribution in [0.3, 0.4) is 0 Å².